The van der Waals surface area contributed by atoms with Crippen molar-refractivity contribution in [3.8, 4) is 0 Å². The fraction of sp³-hybridized carbons (Fsp3) is 0.417. The minimum Gasteiger partial charge on any atom is -0.323 e. The number of hydrogen-bond acceptors (Lipinski definition) is 3. The first-order valence-electron chi connectivity index (χ1n) is 10.7. The summed E-state index contributed by atoms with van der Waals surface area (Å²) in [6.45, 7) is 2.13. The molecule has 1 aliphatic heterocycles. The van der Waals surface area contributed by atoms with Gasteiger partial charge in [-0.3, -0.25) is 9.69 Å². The van der Waals surface area contributed by atoms with Crippen LogP contribution in [0.5, 0.6) is 0 Å². The lowest BCUT2D eigenvalue weighted by Crippen LogP contribution is -2.52. The summed E-state index contributed by atoms with van der Waals surface area (Å²) in [5, 5.41) is 3.00. The van der Waals surface area contributed by atoms with Gasteiger partial charge in [-0.25, -0.2) is 14.1 Å². The molecule has 2 aromatic carbocycles. The molecule has 3 amide bonds. The van der Waals surface area contributed by atoms with Gasteiger partial charge in [0.05, 0.1) is 6.67 Å². The van der Waals surface area contributed by atoms with Crippen LogP contribution in [0.1, 0.15) is 48.9 Å². The molecular weight excluding hydrogens is 381 g/mol. The molecule has 0 bridgehead atoms. The van der Waals surface area contributed by atoms with Gasteiger partial charge in [-0.15, -0.1) is 0 Å². The Morgan fingerprint density at radius 1 is 1.13 bits per heavy atom. The number of carbonyl (C=O) groups excluding carboxylic acids is 2. The van der Waals surface area contributed by atoms with Crippen molar-refractivity contribution >= 4 is 11.9 Å². The SMILES string of the molecule is CC(c1ccccc1F)N(CN1C(=O)NC2(CCc3ccccc3C2)C1=O)C1CC1. The molecule has 1 spiro atoms. The Morgan fingerprint density at radius 2 is 1.83 bits per heavy atom. The van der Waals surface area contributed by atoms with E-state index < -0.39 is 5.54 Å². The highest BCUT2D eigenvalue weighted by Gasteiger charge is 2.53. The predicted molar refractivity (Wildman–Crippen MR) is 111 cm³/mol. The lowest BCUT2D eigenvalue weighted by molar-refractivity contribution is -0.133. The number of fused-ring (bicyclic) bond motifs is 1. The maximum absolute atomic E-state index is 14.4. The lowest BCUT2D eigenvalue weighted by Gasteiger charge is -2.34. The van der Waals surface area contributed by atoms with Crippen molar-refractivity contribution < 1.29 is 14.0 Å². The zero-order valence-corrected chi connectivity index (χ0v) is 17.1. The third kappa shape index (κ3) is 3.19. The number of benzene rings is 2. The molecule has 1 saturated heterocycles. The third-order valence-electron chi connectivity index (χ3n) is 6.85. The number of imide groups is 1. The molecule has 5 nitrogen and oxygen atoms in total. The number of nitrogens with zero attached hydrogens (tertiary/aromatic N) is 2. The molecule has 0 radical (unpaired) electrons. The standard InChI is InChI=1S/C24H26FN3O2/c1-16(20-8-4-5-9-21(20)25)27(19-10-11-19)15-28-22(29)24(26-23(28)30)13-12-17-6-2-3-7-18(17)14-24/h2-9,16,19H,10-15H2,1H3,(H,26,30). The normalized spacial score (nSPS) is 24.3. The van der Waals surface area contributed by atoms with E-state index in [-0.39, 0.29) is 36.5 Å². The van der Waals surface area contributed by atoms with Gasteiger partial charge in [-0.2, -0.15) is 0 Å². The van der Waals surface area contributed by atoms with Crippen molar-refractivity contribution in [3.05, 3.63) is 71.0 Å². The molecule has 5 rings (SSSR count). The average Bonchev–Trinajstić information content (AvgIpc) is 3.56. The molecule has 6 heteroatoms. The van der Waals surface area contributed by atoms with Gasteiger partial charge in [0.25, 0.3) is 5.91 Å². The monoisotopic (exact) mass is 407 g/mol. The highest BCUT2D eigenvalue weighted by atomic mass is 19.1. The van der Waals surface area contributed by atoms with Gasteiger partial charge >= 0.3 is 6.03 Å². The Morgan fingerprint density at radius 3 is 2.57 bits per heavy atom. The summed E-state index contributed by atoms with van der Waals surface area (Å²) in [6, 6.07) is 14.5. The molecular formula is C24H26FN3O2. The summed E-state index contributed by atoms with van der Waals surface area (Å²) in [5.74, 6) is -0.415. The van der Waals surface area contributed by atoms with Crippen LogP contribution < -0.4 is 5.32 Å². The minimum absolute atomic E-state index is 0.159. The van der Waals surface area contributed by atoms with Crippen LogP contribution in [0.25, 0.3) is 0 Å². The lowest BCUT2D eigenvalue weighted by atomic mass is 9.78. The van der Waals surface area contributed by atoms with Crippen LogP contribution in [-0.2, 0) is 17.6 Å². The highest BCUT2D eigenvalue weighted by molar-refractivity contribution is 6.07. The third-order valence-corrected chi connectivity index (χ3v) is 6.85. The van der Waals surface area contributed by atoms with E-state index in [4.69, 9.17) is 0 Å². The van der Waals surface area contributed by atoms with E-state index in [9.17, 15) is 14.0 Å². The summed E-state index contributed by atoms with van der Waals surface area (Å²) in [7, 11) is 0. The fourth-order valence-electron chi connectivity index (χ4n) is 4.95. The molecule has 2 atom stereocenters. The Kier molecular flexibility index (Phi) is 4.62. The molecule has 2 aromatic rings. The van der Waals surface area contributed by atoms with Gasteiger partial charge in [-0.1, -0.05) is 42.5 Å². The van der Waals surface area contributed by atoms with Crippen LogP contribution in [0.2, 0.25) is 0 Å². The summed E-state index contributed by atoms with van der Waals surface area (Å²) >= 11 is 0. The second kappa shape index (κ2) is 7.20. The summed E-state index contributed by atoms with van der Waals surface area (Å²) < 4.78 is 14.4. The smallest absolute Gasteiger partial charge is 0.323 e. The van der Waals surface area contributed by atoms with Crippen molar-refractivity contribution in [2.75, 3.05) is 6.67 Å². The van der Waals surface area contributed by atoms with E-state index in [0.29, 0.717) is 18.4 Å². The molecule has 30 heavy (non-hydrogen) atoms. The van der Waals surface area contributed by atoms with E-state index in [1.165, 1.54) is 16.5 Å². The number of rotatable bonds is 5. The van der Waals surface area contributed by atoms with Crippen LogP contribution in [0.15, 0.2) is 48.5 Å². The second-order valence-electron chi connectivity index (χ2n) is 8.78. The van der Waals surface area contributed by atoms with Gasteiger partial charge < -0.3 is 5.32 Å². The number of aryl methyl sites for hydroxylation is 1. The van der Waals surface area contributed by atoms with Gasteiger partial charge in [-0.05, 0) is 49.8 Å². The van der Waals surface area contributed by atoms with Gasteiger partial charge in [0, 0.05) is 24.1 Å². The van der Waals surface area contributed by atoms with Gasteiger partial charge in [0.2, 0.25) is 0 Å². The van der Waals surface area contributed by atoms with Crippen molar-refractivity contribution in [1.82, 2.24) is 15.1 Å². The highest BCUT2D eigenvalue weighted by Crippen LogP contribution is 2.38. The van der Waals surface area contributed by atoms with Crippen LogP contribution in [-0.4, -0.2) is 40.0 Å². The molecule has 0 aromatic heterocycles. The number of halogens is 1. The van der Waals surface area contributed by atoms with Crippen LogP contribution >= 0.6 is 0 Å². The summed E-state index contributed by atoms with van der Waals surface area (Å²) in [6.07, 6.45) is 3.91. The molecule has 1 heterocycles. The molecule has 3 aliphatic rings. The fourth-order valence-corrected chi connectivity index (χ4v) is 4.95. The quantitative estimate of drug-likeness (QED) is 0.768. The van der Waals surface area contributed by atoms with E-state index in [1.54, 1.807) is 12.1 Å². The molecule has 1 N–H and O–H groups in total. The number of amides is 3. The van der Waals surface area contributed by atoms with Gasteiger partial charge in [0.1, 0.15) is 11.4 Å². The zero-order valence-electron chi connectivity index (χ0n) is 17.1. The Hall–Kier alpha value is -2.73. The molecule has 2 fully saturated rings. The Balaban J connectivity index is 1.38. The number of urea groups is 1. The van der Waals surface area contributed by atoms with Crippen molar-refractivity contribution in [2.24, 2.45) is 0 Å². The molecule has 2 aliphatic carbocycles. The topological polar surface area (TPSA) is 52.6 Å². The molecule has 156 valence electrons. The number of hydrogen-bond donors (Lipinski definition) is 1. The first-order chi connectivity index (χ1) is 14.5. The van der Waals surface area contributed by atoms with Crippen LogP contribution in [0.4, 0.5) is 9.18 Å². The number of nitrogens with one attached hydrogen (secondary N) is 1. The summed E-state index contributed by atoms with van der Waals surface area (Å²) in [4.78, 5) is 29.7. The van der Waals surface area contributed by atoms with E-state index >= 15 is 0 Å². The maximum atomic E-state index is 14.4. The first kappa shape index (κ1) is 19.2. The molecule has 1 saturated carbocycles. The van der Waals surface area contributed by atoms with Gasteiger partial charge in [0.15, 0.2) is 0 Å². The molecule has 2 unspecified atom stereocenters. The average molecular weight is 407 g/mol. The van der Waals surface area contributed by atoms with Crippen LogP contribution in [0.3, 0.4) is 0 Å². The van der Waals surface area contributed by atoms with E-state index in [0.717, 1.165) is 24.8 Å². The first-order valence-corrected chi connectivity index (χ1v) is 10.7. The zero-order chi connectivity index (χ0) is 20.9. The summed E-state index contributed by atoms with van der Waals surface area (Å²) in [5.41, 5.74) is 2.11. The van der Waals surface area contributed by atoms with Crippen molar-refractivity contribution in [2.45, 2.75) is 56.7 Å². The largest absolute Gasteiger partial charge is 0.326 e. The number of carbonyl (C=O) groups is 2. The minimum atomic E-state index is -0.859. The van der Waals surface area contributed by atoms with Crippen molar-refractivity contribution in [3.63, 3.8) is 0 Å². The second-order valence-corrected chi connectivity index (χ2v) is 8.78. The predicted octanol–water partition coefficient (Wildman–Crippen LogP) is 3.79. The van der Waals surface area contributed by atoms with E-state index in [1.807, 2.05) is 31.2 Å². The van der Waals surface area contributed by atoms with Crippen molar-refractivity contribution in [1.29, 1.82) is 0 Å². The maximum Gasteiger partial charge on any atom is 0.326 e. The van der Waals surface area contributed by atoms with Crippen LogP contribution in [0, 0.1) is 5.82 Å². The van der Waals surface area contributed by atoms with E-state index in [2.05, 4.69) is 16.3 Å². The Bertz CT molecular complexity index is 1010. The Labute approximate surface area is 175 Å².